The molecule has 0 bridgehead atoms. The Bertz CT molecular complexity index is 1080. The topological polar surface area (TPSA) is 89.4 Å². The number of hydrogen-bond donors (Lipinski definition) is 0. The summed E-state index contributed by atoms with van der Waals surface area (Å²) in [5.41, 5.74) is 1.88. The summed E-state index contributed by atoms with van der Waals surface area (Å²) in [6.45, 7) is 0.317. The molecular formula is C19H16N4O3. The Kier molecular flexibility index (Phi) is 4.01. The average Bonchev–Trinajstić information content (AvgIpc) is 3.42. The van der Waals surface area contributed by atoms with Crippen molar-refractivity contribution in [1.82, 2.24) is 14.2 Å². The van der Waals surface area contributed by atoms with Gasteiger partial charge in [0.1, 0.15) is 6.61 Å². The Labute approximate surface area is 149 Å². The first kappa shape index (κ1) is 16.1. The number of carbonyl (C=O) groups excluding carboxylic acids is 1. The fourth-order valence-corrected chi connectivity index (χ4v) is 3.12. The van der Waals surface area contributed by atoms with E-state index in [0.29, 0.717) is 11.2 Å². The Balaban J connectivity index is 1.34. The van der Waals surface area contributed by atoms with E-state index in [2.05, 4.69) is 11.2 Å². The normalized spacial score (nSPS) is 18.4. The fourth-order valence-electron chi connectivity index (χ4n) is 3.12. The highest BCUT2D eigenvalue weighted by Crippen LogP contribution is 2.48. The van der Waals surface area contributed by atoms with Gasteiger partial charge in [-0.25, -0.2) is 9.48 Å². The summed E-state index contributed by atoms with van der Waals surface area (Å²) in [5, 5.41) is 13.2. The maximum Gasteiger partial charge on any atom is 0.350 e. The number of hydrogen-bond acceptors (Lipinski definition) is 5. The first-order chi connectivity index (χ1) is 12.7. The molecule has 0 aliphatic heterocycles. The van der Waals surface area contributed by atoms with Crippen LogP contribution >= 0.6 is 0 Å². The van der Waals surface area contributed by atoms with Gasteiger partial charge in [0.05, 0.1) is 24.1 Å². The van der Waals surface area contributed by atoms with Crippen LogP contribution < -0.4 is 5.69 Å². The molecule has 2 atom stereocenters. The van der Waals surface area contributed by atoms with Gasteiger partial charge in [0.2, 0.25) is 0 Å². The SMILES string of the molecule is N#Cc1cccc([C@@H]2C[C@@H]2C(=O)OCCn2nc3ccccn3c2=O)c1. The standard InChI is InChI=1S/C19H16N4O3/c20-12-13-4-3-5-14(10-13)15-11-16(15)18(24)26-9-8-23-19(25)22-7-2-1-6-17(22)21-23/h1-7,10,15-16H,8-9,11H2/t15-,16-/m0/s1. The molecule has 0 saturated heterocycles. The van der Waals surface area contributed by atoms with Crippen LogP contribution in [0.25, 0.3) is 5.65 Å². The van der Waals surface area contributed by atoms with Crippen molar-refractivity contribution in [2.24, 2.45) is 5.92 Å². The van der Waals surface area contributed by atoms with Gasteiger partial charge < -0.3 is 4.74 Å². The highest BCUT2D eigenvalue weighted by Gasteiger charge is 2.45. The lowest BCUT2D eigenvalue weighted by Gasteiger charge is -2.04. The van der Waals surface area contributed by atoms with E-state index in [1.807, 2.05) is 18.2 Å². The third-order valence-corrected chi connectivity index (χ3v) is 4.57. The monoisotopic (exact) mass is 348 g/mol. The van der Waals surface area contributed by atoms with Crippen molar-refractivity contribution < 1.29 is 9.53 Å². The van der Waals surface area contributed by atoms with Crippen molar-refractivity contribution in [3.8, 4) is 6.07 Å². The maximum atomic E-state index is 12.2. The second-order valence-electron chi connectivity index (χ2n) is 6.29. The van der Waals surface area contributed by atoms with Gasteiger partial charge in [-0.2, -0.15) is 5.26 Å². The lowest BCUT2D eigenvalue weighted by atomic mass is 10.1. The van der Waals surface area contributed by atoms with Crippen LogP contribution in [-0.4, -0.2) is 26.8 Å². The molecule has 1 aliphatic carbocycles. The van der Waals surface area contributed by atoms with Crippen LogP contribution in [0.3, 0.4) is 0 Å². The predicted molar refractivity (Wildman–Crippen MR) is 92.4 cm³/mol. The zero-order chi connectivity index (χ0) is 18.1. The van der Waals surface area contributed by atoms with Gasteiger partial charge in [0.25, 0.3) is 0 Å². The molecule has 3 aromatic rings. The molecule has 1 aliphatic rings. The van der Waals surface area contributed by atoms with Crippen LogP contribution in [0.5, 0.6) is 0 Å². The summed E-state index contributed by atoms with van der Waals surface area (Å²) in [6.07, 6.45) is 2.37. The van der Waals surface area contributed by atoms with Gasteiger partial charge in [-0.05, 0) is 42.2 Å². The maximum absolute atomic E-state index is 12.2. The molecule has 4 rings (SSSR count). The molecule has 7 heteroatoms. The molecule has 0 amide bonds. The molecule has 130 valence electrons. The van der Waals surface area contributed by atoms with Crippen LogP contribution in [0, 0.1) is 17.2 Å². The Morgan fingerprint density at radius 1 is 1.31 bits per heavy atom. The van der Waals surface area contributed by atoms with E-state index < -0.39 is 0 Å². The van der Waals surface area contributed by atoms with E-state index in [-0.39, 0.29) is 36.6 Å². The summed E-state index contributed by atoms with van der Waals surface area (Å²) in [5.74, 6) is -0.343. The second-order valence-corrected chi connectivity index (χ2v) is 6.29. The highest BCUT2D eigenvalue weighted by atomic mass is 16.5. The summed E-state index contributed by atoms with van der Waals surface area (Å²) in [6, 6.07) is 14.7. The zero-order valence-electron chi connectivity index (χ0n) is 13.9. The molecule has 2 aromatic heterocycles. The van der Waals surface area contributed by atoms with Crippen molar-refractivity contribution in [3.63, 3.8) is 0 Å². The molecule has 0 spiro atoms. The summed E-state index contributed by atoms with van der Waals surface area (Å²) in [4.78, 5) is 24.3. The van der Waals surface area contributed by atoms with E-state index in [4.69, 9.17) is 10.00 Å². The van der Waals surface area contributed by atoms with E-state index in [9.17, 15) is 9.59 Å². The van der Waals surface area contributed by atoms with Crippen LogP contribution in [-0.2, 0) is 16.1 Å². The molecule has 1 aromatic carbocycles. The molecule has 0 N–H and O–H groups in total. The van der Waals surface area contributed by atoms with Crippen molar-refractivity contribution in [1.29, 1.82) is 5.26 Å². The molecular weight excluding hydrogens is 332 g/mol. The zero-order valence-corrected chi connectivity index (χ0v) is 13.9. The number of benzene rings is 1. The molecule has 7 nitrogen and oxygen atoms in total. The number of carbonyl (C=O) groups is 1. The minimum absolute atomic E-state index is 0.101. The van der Waals surface area contributed by atoms with Gasteiger partial charge in [0, 0.05) is 6.20 Å². The number of nitriles is 1. The summed E-state index contributed by atoms with van der Waals surface area (Å²) in [7, 11) is 0. The molecule has 1 saturated carbocycles. The lowest BCUT2D eigenvalue weighted by molar-refractivity contribution is -0.145. The fraction of sp³-hybridized carbons (Fsp3) is 0.263. The molecule has 26 heavy (non-hydrogen) atoms. The summed E-state index contributed by atoms with van der Waals surface area (Å²) < 4.78 is 8.06. The molecule has 2 heterocycles. The first-order valence-corrected chi connectivity index (χ1v) is 8.38. The number of rotatable bonds is 5. The number of esters is 1. The Hall–Kier alpha value is -3.40. The van der Waals surface area contributed by atoms with Gasteiger partial charge >= 0.3 is 11.7 Å². The van der Waals surface area contributed by atoms with Crippen LogP contribution in [0.4, 0.5) is 0 Å². The number of nitrogens with zero attached hydrogens (tertiary/aromatic N) is 4. The third-order valence-electron chi connectivity index (χ3n) is 4.57. The van der Waals surface area contributed by atoms with Crippen molar-refractivity contribution in [2.45, 2.75) is 18.9 Å². The minimum atomic E-state index is -0.269. The van der Waals surface area contributed by atoms with E-state index in [1.165, 1.54) is 9.08 Å². The predicted octanol–water partition coefficient (Wildman–Crippen LogP) is 1.71. The third kappa shape index (κ3) is 2.97. The molecule has 1 fully saturated rings. The van der Waals surface area contributed by atoms with Crippen LogP contribution in [0.15, 0.2) is 53.5 Å². The number of ether oxygens (including phenoxy) is 1. The molecule has 0 radical (unpaired) electrons. The van der Waals surface area contributed by atoms with E-state index in [1.54, 1.807) is 30.5 Å². The van der Waals surface area contributed by atoms with Gasteiger partial charge in [-0.15, -0.1) is 5.10 Å². The Morgan fingerprint density at radius 3 is 3.00 bits per heavy atom. The molecule has 0 unspecified atom stereocenters. The smallest absolute Gasteiger partial charge is 0.350 e. The lowest BCUT2D eigenvalue weighted by Crippen LogP contribution is -2.24. The van der Waals surface area contributed by atoms with Gasteiger partial charge in [0.15, 0.2) is 5.65 Å². The summed E-state index contributed by atoms with van der Waals surface area (Å²) >= 11 is 0. The van der Waals surface area contributed by atoms with Crippen LogP contribution in [0.2, 0.25) is 0 Å². The quantitative estimate of drug-likeness (QED) is 0.655. The van der Waals surface area contributed by atoms with Crippen molar-refractivity contribution >= 4 is 11.6 Å². The first-order valence-electron chi connectivity index (χ1n) is 8.38. The Morgan fingerprint density at radius 2 is 2.19 bits per heavy atom. The average molecular weight is 348 g/mol. The highest BCUT2D eigenvalue weighted by molar-refractivity contribution is 5.77. The van der Waals surface area contributed by atoms with Gasteiger partial charge in [-0.1, -0.05) is 18.2 Å². The van der Waals surface area contributed by atoms with E-state index >= 15 is 0 Å². The number of fused-ring (bicyclic) bond motifs is 1. The van der Waals surface area contributed by atoms with E-state index in [0.717, 1.165) is 12.0 Å². The largest absolute Gasteiger partial charge is 0.463 e. The van der Waals surface area contributed by atoms with Crippen molar-refractivity contribution in [3.05, 3.63) is 70.3 Å². The second kappa shape index (κ2) is 6.48. The number of pyridine rings is 1. The van der Waals surface area contributed by atoms with Gasteiger partial charge in [-0.3, -0.25) is 9.20 Å². The van der Waals surface area contributed by atoms with Crippen molar-refractivity contribution in [2.75, 3.05) is 6.61 Å². The van der Waals surface area contributed by atoms with Crippen LogP contribution in [0.1, 0.15) is 23.5 Å². The minimum Gasteiger partial charge on any atom is -0.463 e. The number of aromatic nitrogens is 3.